The third-order valence-electron chi connectivity index (χ3n) is 3.61. The summed E-state index contributed by atoms with van der Waals surface area (Å²) in [7, 11) is 0. The van der Waals surface area contributed by atoms with Crippen LogP contribution in [0.2, 0.25) is 0 Å². The summed E-state index contributed by atoms with van der Waals surface area (Å²) in [6, 6.07) is 17.7. The van der Waals surface area contributed by atoms with Crippen LogP contribution >= 0.6 is 11.8 Å². The molecule has 1 aliphatic rings. The van der Waals surface area contributed by atoms with Crippen LogP contribution in [0.3, 0.4) is 0 Å². The fraction of sp³-hybridized carbons (Fsp3) is 0.158. The summed E-state index contributed by atoms with van der Waals surface area (Å²) in [5.74, 6) is 0.373. The van der Waals surface area contributed by atoms with Crippen molar-refractivity contribution in [2.75, 3.05) is 4.90 Å². The predicted molar refractivity (Wildman–Crippen MR) is 93.3 cm³/mol. The highest BCUT2D eigenvalue weighted by molar-refractivity contribution is 7.98. The second-order valence-corrected chi connectivity index (χ2v) is 6.49. The lowest BCUT2D eigenvalue weighted by Crippen LogP contribution is -2.39. The van der Waals surface area contributed by atoms with Gasteiger partial charge in [-0.2, -0.15) is 0 Å². The van der Waals surface area contributed by atoms with Crippen LogP contribution in [0.5, 0.6) is 0 Å². The van der Waals surface area contributed by atoms with E-state index in [2.05, 4.69) is 12.1 Å². The number of imide groups is 1. The van der Waals surface area contributed by atoms with Crippen LogP contribution in [-0.2, 0) is 15.3 Å². The van der Waals surface area contributed by atoms with Gasteiger partial charge in [-0.05, 0) is 24.6 Å². The number of anilines is 1. The molecule has 4 heteroatoms. The maximum absolute atomic E-state index is 12.3. The minimum atomic E-state index is -0.258. The Morgan fingerprint density at radius 3 is 2.43 bits per heavy atom. The first-order valence-electron chi connectivity index (χ1n) is 7.45. The predicted octanol–water partition coefficient (Wildman–Crippen LogP) is 4.19. The molecule has 2 aromatic rings. The van der Waals surface area contributed by atoms with E-state index in [1.807, 2.05) is 49.4 Å². The Kier molecular flexibility index (Phi) is 4.63. The summed E-state index contributed by atoms with van der Waals surface area (Å²) >= 11 is 1.63. The Bertz CT molecular complexity index is 768. The lowest BCUT2D eigenvalue weighted by atomic mass is 10.1. The van der Waals surface area contributed by atoms with Gasteiger partial charge in [0.2, 0.25) is 5.91 Å². The minimum absolute atomic E-state index is 0.164. The zero-order valence-corrected chi connectivity index (χ0v) is 13.7. The first-order chi connectivity index (χ1) is 11.1. The van der Waals surface area contributed by atoms with Gasteiger partial charge in [-0.1, -0.05) is 48.0 Å². The number of hydrogen-bond acceptors (Lipinski definition) is 3. The molecule has 0 aliphatic carbocycles. The van der Waals surface area contributed by atoms with Crippen molar-refractivity contribution in [3.63, 3.8) is 0 Å². The van der Waals surface area contributed by atoms with E-state index in [0.717, 1.165) is 16.2 Å². The van der Waals surface area contributed by atoms with E-state index < -0.39 is 0 Å². The maximum Gasteiger partial charge on any atom is 0.257 e. The Morgan fingerprint density at radius 2 is 1.70 bits per heavy atom. The van der Waals surface area contributed by atoms with E-state index in [-0.39, 0.29) is 11.8 Å². The van der Waals surface area contributed by atoms with E-state index in [1.54, 1.807) is 17.8 Å². The van der Waals surface area contributed by atoms with Gasteiger partial charge < -0.3 is 0 Å². The van der Waals surface area contributed by atoms with Gasteiger partial charge in [0.05, 0.1) is 5.69 Å². The average Bonchev–Trinajstić information content (AvgIpc) is 2.54. The summed E-state index contributed by atoms with van der Waals surface area (Å²) in [5, 5.41) is 0. The standard InChI is InChI=1S/C19H17NO2S/c1-14-11-18(21)20(19(22)12-14)16-9-5-6-10-17(16)23-13-15-7-3-2-4-8-15/h2-11H,12-13H2,1H3. The summed E-state index contributed by atoms with van der Waals surface area (Å²) in [6.45, 7) is 1.81. The van der Waals surface area contributed by atoms with Crippen LogP contribution in [-0.4, -0.2) is 11.8 Å². The number of carbonyl (C=O) groups excluding carboxylic acids is 2. The molecule has 0 saturated carbocycles. The fourth-order valence-corrected chi connectivity index (χ4v) is 3.52. The van der Waals surface area contributed by atoms with Crippen LogP contribution in [0, 0.1) is 0 Å². The molecule has 23 heavy (non-hydrogen) atoms. The van der Waals surface area contributed by atoms with Crippen LogP contribution in [0.15, 0.2) is 71.1 Å². The van der Waals surface area contributed by atoms with Gasteiger partial charge in [0.25, 0.3) is 5.91 Å². The highest BCUT2D eigenvalue weighted by Crippen LogP contribution is 2.34. The zero-order chi connectivity index (χ0) is 16.2. The number of benzene rings is 2. The molecule has 0 N–H and O–H groups in total. The van der Waals surface area contributed by atoms with E-state index in [0.29, 0.717) is 12.1 Å². The SMILES string of the molecule is CC1=CC(=O)N(c2ccccc2SCc2ccccc2)C(=O)C1. The molecule has 0 saturated heterocycles. The first kappa shape index (κ1) is 15.6. The number of amides is 2. The number of hydrogen-bond donors (Lipinski definition) is 0. The molecule has 0 radical (unpaired) electrons. The van der Waals surface area contributed by atoms with E-state index in [9.17, 15) is 9.59 Å². The highest BCUT2D eigenvalue weighted by atomic mass is 32.2. The van der Waals surface area contributed by atoms with Crippen LogP contribution in [0.4, 0.5) is 5.69 Å². The van der Waals surface area contributed by atoms with Gasteiger partial charge in [-0.15, -0.1) is 11.8 Å². The normalized spacial score (nSPS) is 14.8. The summed E-state index contributed by atoms with van der Waals surface area (Å²) < 4.78 is 0. The highest BCUT2D eigenvalue weighted by Gasteiger charge is 2.28. The first-order valence-corrected chi connectivity index (χ1v) is 8.43. The minimum Gasteiger partial charge on any atom is -0.274 e. The van der Waals surface area contributed by atoms with Crippen molar-refractivity contribution in [2.45, 2.75) is 24.0 Å². The van der Waals surface area contributed by atoms with Crippen molar-refractivity contribution in [1.29, 1.82) is 0 Å². The molecule has 0 aromatic heterocycles. The monoisotopic (exact) mass is 323 g/mol. The number of nitrogens with zero attached hydrogens (tertiary/aromatic N) is 1. The molecule has 1 heterocycles. The van der Waals surface area contributed by atoms with Crippen molar-refractivity contribution in [1.82, 2.24) is 0 Å². The number of rotatable bonds is 4. The quantitative estimate of drug-likeness (QED) is 0.625. The third kappa shape index (κ3) is 3.54. The molecule has 0 atom stereocenters. The summed E-state index contributed by atoms with van der Waals surface area (Å²) in [4.78, 5) is 26.8. The maximum atomic E-state index is 12.3. The Balaban J connectivity index is 1.86. The molecule has 0 spiro atoms. The number of thioether (sulfide) groups is 1. The molecule has 0 unspecified atom stereocenters. The van der Waals surface area contributed by atoms with Crippen LogP contribution in [0.1, 0.15) is 18.9 Å². The zero-order valence-electron chi connectivity index (χ0n) is 12.9. The van der Waals surface area contributed by atoms with E-state index >= 15 is 0 Å². The summed E-state index contributed by atoms with van der Waals surface area (Å²) in [5.41, 5.74) is 2.69. The molecule has 3 rings (SSSR count). The molecule has 2 aromatic carbocycles. The summed E-state index contributed by atoms with van der Waals surface area (Å²) in [6.07, 6.45) is 1.84. The smallest absolute Gasteiger partial charge is 0.257 e. The lowest BCUT2D eigenvalue weighted by Gasteiger charge is -2.25. The van der Waals surface area contributed by atoms with Gasteiger partial charge in [0, 0.05) is 23.1 Å². The molecule has 2 amide bonds. The van der Waals surface area contributed by atoms with Gasteiger partial charge in [0.1, 0.15) is 0 Å². The van der Waals surface area contributed by atoms with Crippen molar-refractivity contribution in [2.24, 2.45) is 0 Å². The fourth-order valence-electron chi connectivity index (χ4n) is 2.52. The lowest BCUT2D eigenvalue weighted by molar-refractivity contribution is -0.124. The van der Waals surface area contributed by atoms with E-state index in [4.69, 9.17) is 0 Å². The van der Waals surface area contributed by atoms with Crippen molar-refractivity contribution < 1.29 is 9.59 Å². The number of para-hydroxylation sites is 1. The topological polar surface area (TPSA) is 37.4 Å². The van der Waals surface area contributed by atoms with Crippen molar-refractivity contribution in [3.8, 4) is 0 Å². The van der Waals surface area contributed by atoms with Crippen LogP contribution < -0.4 is 4.90 Å². The van der Waals surface area contributed by atoms with E-state index in [1.165, 1.54) is 10.5 Å². The third-order valence-corrected chi connectivity index (χ3v) is 4.75. The van der Waals surface area contributed by atoms with Gasteiger partial charge in [0.15, 0.2) is 0 Å². The molecule has 3 nitrogen and oxygen atoms in total. The largest absolute Gasteiger partial charge is 0.274 e. The Morgan fingerprint density at radius 1 is 1.00 bits per heavy atom. The molecular formula is C19H17NO2S. The second kappa shape index (κ2) is 6.84. The number of carbonyl (C=O) groups is 2. The molecule has 0 bridgehead atoms. The van der Waals surface area contributed by atoms with Gasteiger partial charge >= 0.3 is 0 Å². The Hall–Kier alpha value is -2.33. The van der Waals surface area contributed by atoms with Gasteiger partial charge in [-0.25, -0.2) is 4.90 Å². The molecule has 116 valence electrons. The van der Waals surface area contributed by atoms with Crippen molar-refractivity contribution >= 4 is 29.3 Å². The second-order valence-electron chi connectivity index (χ2n) is 5.48. The van der Waals surface area contributed by atoms with Gasteiger partial charge in [-0.3, -0.25) is 9.59 Å². The molecular weight excluding hydrogens is 306 g/mol. The molecule has 0 fully saturated rings. The Labute approximate surface area is 140 Å². The van der Waals surface area contributed by atoms with Crippen molar-refractivity contribution in [3.05, 3.63) is 71.8 Å². The molecule has 1 aliphatic heterocycles. The average molecular weight is 323 g/mol. The van der Waals surface area contributed by atoms with Crippen LogP contribution in [0.25, 0.3) is 0 Å².